The van der Waals surface area contributed by atoms with E-state index < -0.39 is 32.5 Å². The number of ketones is 1. The van der Waals surface area contributed by atoms with Crippen LogP contribution in [-0.4, -0.2) is 80.7 Å². The second-order valence-electron chi connectivity index (χ2n) is 16.1. The van der Waals surface area contributed by atoms with Crippen molar-refractivity contribution in [1.29, 1.82) is 0 Å². The summed E-state index contributed by atoms with van der Waals surface area (Å²) in [4.78, 5) is 47.1. The van der Waals surface area contributed by atoms with Crippen molar-refractivity contribution in [2.75, 3.05) is 47.5 Å². The molecule has 10 nitrogen and oxygen atoms in total. The lowest BCUT2D eigenvalue weighted by molar-refractivity contribution is -0.870. The summed E-state index contributed by atoms with van der Waals surface area (Å²) >= 11 is 0. The van der Waals surface area contributed by atoms with Gasteiger partial charge in [-0.15, -0.1) is 0 Å². The largest absolute Gasteiger partial charge is 0.472 e. The van der Waals surface area contributed by atoms with E-state index in [9.17, 15) is 23.8 Å². The highest BCUT2D eigenvalue weighted by atomic mass is 31.2. The van der Waals surface area contributed by atoms with Crippen molar-refractivity contribution in [2.45, 2.75) is 168 Å². The van der Waals surface area contributed by atoms with Crippen LogP contribution in [0.15, 0.2) is 72.9 Å². The van der Waals surface area contributed by atoms with Crippen molar-refractivity contribution in [2.24, 2.45) is 0 Å². The van der Waals surface area contributed by atoms with Crippen LogP contribution >= 0.6 is 7.82 Å². The molecule has 0 aromatic rings. The fourth-order valence-electron chi connectivity index (χ4n) is 5.57. The summed E-state index contributed by atoms with van der Waals surface area (Å²) in [6.07, 6.45) is 45.0. The molecule has 0 fully saturated rings. The molecule has 0 aliphatic rings. The molecular formula is C48H83NO9P+. The van der Waals surface area contributed by atoms with E-state index in [0.29, 0.717) is 30.3 Å². The quantitative estimate of drug-likeness (QED) is 0.0122. The van der Waals surface area contributed by atoms with Crippen molar-refractivity contribution in [1.82, 2.24) is 0 Å². The Morgan fingerprint density at radius 2 is 1.07 bits per heavy atom. The first kappa shape index (κ1) is 56.1. The van der Waals surface area contributed by atoms with Crippen LogP contribution in [0.25, 0.3) is 0 Å². The maximum atomic E-state index is 12.7. The highest BCUT2D eigenvalue weighted by molar-refractivity contribution is 7.47. The summed E-state index contributed by atoms with van der Waals surface area (Å²) < 4.78 is 34.2. The fourth-order valence-corrected chi connectivity index (χ4v) is 6.31. The van der Waals surface area contributed by atoms with Crippen molar-refractivity contribution in [3.63, 3.8) is 0 Å². The molecule has 0 radical (unpaired) electrons. The Balaban J connectivity index is 4.49. The lowest BCUT2D eigenvalue weighted by atomic mass is 10.1. The van der Waals surface area contributed by atoms with Crippen LogP contribution in [0.4, 0.5) is 0 Å². The van der Waals surface area contributed by atoms with E-state index in [-0.39, 0.29) is 31.8 Å². The molecule has 0 saturated carbocycles. The molecule has 0 aliphatic heterocycles. The van der Waals surface area contributed by atoms with Gasteiger partial charge in [0.2, 0.25) is 0 Å². The van der Waals surface area contributed by atoms with Crippen molar-refractivity contribution < 1.29 is 46.8 Å². The number of unbranched alkanes of at least 4 members (excludes halogenated alkanes) is 13. The van der Waals surface area contributed by atoms with Crippen LogP contribution in [0.2, 0.25) is 0 Å². The molecule has 0 aromatic carbocycles. The number of quaternary nitrogens is 1. The topological polar surface area (TPSA) is 125 Å². The number of likely N-dealkylation sites (N-methyl/N-ethyl adjacent to an activating group) is 1. The average molecular weight is 849 g/mol. The van der Waals surface area contributed by atoms with Gasteiger partial charge in [-0.25, -0.2) is 4.57 Å². The van der Waals surface area contributed by atoms with Gasteiger partial charge in [0.1, 0.15) is 19.8 Å². The van der Waals surface area contributed by atoms with E-state index in [1.165, 1.54) is 25.7 Å². The Hall–Kier alpha value is -2.88. The molecule has 59 heavy (non-hydrogen) atoms. The predicted molar refractivity (Wildman–Crippen MR) is 243 cm³/mol. The van der Waals surface area contributed by atoms with Gasteiger partial charge in [-0.05, 0) is 83.1 Å². The molecule has 0 amide bonds. The number of esters is 2. The predicted octanol–water partition coefficient (Wildman–Crippen LogP) is 12.2. The molecule has 1 unspecified atom stereocenters. The Kier molecular flexibility index (Phi) is 37.4. The van der Waals surface area contributed by atoms with Gasteiger partial charge < -0.3 is 18.9 Å². The van der Waals surface area contributed by atoms with Crippen LogP contribution in [0, 0.1) is 0 Å². The first-order valence-corrected chi connectivity index (χ1v) is 24.1. The number of carbonyl (C=O) groups is 3. The number of ether oxygens (including phenoxy) is 2. The minimum absolute atomic E-state index is 0.00718. The number of phosphoric acid groups is 1. The molecular weight excluding hydrogens is 766 g/mol. The van der Waals surface area contributed by atoms with Crippen molar-refractivity contribution >= 4 is 25.5 Å². The maximum Gasteiger partial charge on any atom is 0.472 e. The summed E-state index contributed by atoms with van der Waals surface area (Å²) in [5, 5.41) is 0. The van der Waals surface area contributed by atoms with E-state index in [0.717, 1.165) is 89.9 Å². The third-order valence-electron chi connectivity index (χ3n) is 9.19. The van der Waals surface area contributed by atoms with Gasteiger partial charge in [-0.1, -0.05) is 132 Å². The number of phosphoric ester groups is 1. The zero-order valence-electron chi connectivity index (χ0n) is 37.7. The fraction of sp³-hybridized carbons (Fsp3) is 0.688. The van der Waals surface area contributed by atoms with E-state index in [1.54, 1.807) is 6.08 Å². The standard InChI is InChI=1S/C48H82NO9P/c1-6-8-10-11-12-13-14-15-16-17-18-19-20-21-22-25-29-32-36-40-48(52)58-46(44-57-59(53,54)56-42-41-49(3,4)5)43-55-47(51)39-35-31-28-26-23-24-27-30-34-38-45(50)37-33-9-7-2/h12-13,15-16,18-19,21-22,27,30,34,38,46H,6-11,14,17,20,23-26,28-29,31-33,35-37,39-44H2,1-5H3/p+1/b13-12-,16-15-,19-18-,22-21-,30-27-,38-34+/t46-/m1/s1. The summed E-state index contributed by atoms with van der Waals surface area (Å²) in [5.74, 6) is -0.726. The van der Waals surface area contributed by atoms with E-state index >= 15 is 0 Å². The number of carbonyl (C=O) groups excluding carboxylic acids is 3. The van der Waals surface area contributed by atoms with Crippen LogP contribution < -0.4 is 0 Å². The van der Waals surface area contributed by atoms with E-state index in [2.05, 4.69) is 68.5 Å². The number of hydrogen-bond donors (Lipinski definition) is 1. The second-order valence-corrected chi connectivity index (χ2v) is 17.6. The zero-order valence-corrected chi connectivity index (χ0v) is 38.6. The lowest BCUT2D eigenvalue weighted by Crippen LogP contribution is -2.37. The number of nitrogens with zero attached hydrogens (tertiary/aromatic N) is 1. The third-order valence-corrected chi connectivity index (χ3v) is 10.2. The number of allylic oxidation sites excluding steroid dienone is 12. The van der Waals surface area contributed by atoms with Gasteiger partial charge in [-0.2, -0.15) is 0 Å². The first-order valence-electron chi connectivity index (χ1n) is 22.6. The summed E-state index contributed by atoms with van der Waals surface area (Å²) in [6.45, 7) is 4.13. The number of rotatable bonds is 40. The average Bonchev–Trinajstić information content (AvgIpc) is 3.18. The van der Waals surface area contributed by atoms with Crippen LogP contribution in [0.1, 0.15) is 162 Å². The lowest BCUT2D eigenvalue weighted by Gasteiger charge is -2.24. The van der Waals surface area contributed by atoms with Crippen molar-refractivity contribution in [3.05, 3.63) is 72.9 Å². The van der Waals surface area contributed by atoms with E-state index in [1.807, 2.05) is 33.3 Å². The summed E-state index contributed by atoms with van der Waals surface area (Å²) in [6, 6.07) is 0. The molecule has 0 aliphatic carbocycles. The Morgan fingerprint density at radius 1 is 0.576 bits per heavy atom. The van der Waals surface area contributed by atoms with Gasteiger partial charge in [0, 0.05) is 19.3 Å². The molecule has 0 rings (SSSR count). The van der Waals surface area contributed by atoms with Gasteiger partial charge in [0.25, 0.3) is 0 Å². The molecule has 2 atom stereocenters. The monoisotopic (exact) mass is 849 g/mol. The summed E-state index contributed by atoms with van der Waals surface area (Å²) in [5.41, 5.74) is 0. The highest BCUT2D eigenvalue weighted by Crippen LogP contribution is 2.43. The van der Waals surface area contributed by atoms with Crippen LogP contribution in [-0.2, 0) is 37.5 Å². The van der Waals surface area contributed by atoms with Gasteiger partial charge >= 0.3 is 19.8 Å². The van der Waals surface area contributed by atoms with Crippen molar-refractivity contribution in [3.8, 4) is 0 Å². The molecule has 338 valence electrons. The minimum atomic E-state index is -4.41. The smallest absolute Gasteiger partial charge is 0.462 e. The highest BCUT2D eigenvalue weighted by Gasteiger charge is 2.27. The molecule has 0 aromatic heterocycles. The Bertz CT molecular complexity index is 1300. The molecule has 0 heterocycles. The van der Waals surface area contributed by atoms with Crippen LogP contribution in [0.3, 0.4) is 0 Å². The van der Waals surface area contributed by atoms with Gasteiger partial charge in [-0.3, -0.25) is 23.4 Å². The number of hydrogen-bond acceptors (Lipinski definition) is 8. The van der Waals surface area contributed by atoms with E-state index in [4.69, 9.17) is 18.5 Å². The molecule has 0 spiro atoms. The molecule has 0 bridgehead atoms. The minimum Gasteiger partial charge on any atom is -0.462 e. The molecule has 1 N–H and O–H groups in total. The zero-order chi connectivity index (χ0) is 43.7. The second kappa shape index (κ2) is 39.3. The van der Waals surface area contributed by atoms with Crippen LogP contribution in [0.5, 0.6) is 0 Å². The Morgan fingerprint density at radius 3 is 1.68 bits per heavy atom. The van der Waals surface area contributed by atoms with Gasteiger partial charge in [0.05, 0.1) is 27.7 Å². The normalized spacial score (nSPS) is 14.1. The third kappa shape index (κ3) is 43.0. The van der Waals surface area contributed by atoms with Gasteiger partial charge in [0.15, 0.2) is 11.9 Å². The Labute approximate surface area is 359 Å². The molecule has 0 saturated heterocycles. The maximum absolute atomic E-state index is 12.7. The SMILES string of the molecule is CCCCC/C=C\C/C=C\C/C=C\C/C=C\CCCCCC(=O)O[C@H](COC(=O)CCCCCCC/C=C\C=C\C(=O)CCCCC)COP(=O)(O)OCC[N+](C)(C)C. The summed E-state index contributed by atoms with van der Waals surface area (Å²) in [7, 11) is 1.39. The molecule has 11 heteroatoms. The first-order chi connectivity index (χ1) is 28.4.